The first-order chi connectivity index (χ1) is 10.6. The summed E-state index contributed by atoms with van der Waals surface area (Å²) in [5.74, 6) is 1.44. The van der Waals surface area contributed by atoms with Crippen molar-refractivity contribution < 1.29 is 13.4 Å². The van der Waals surface area contributed by atoms with Crippen molar-refractivity contribution in [3.63, 3.8) is 0 Å². The second-order valence-electron chi connectivity index (χ2n) is 5.02. The van der Waals surface area contributed by atoms with E-state index < -0.39 is 9.73 Å². The predicted octanol–water partition coefficient (Wildman–Crippen LogP) is 4.10. The number of rotatable bonds is 4. The fourth-order valence-electron chi connectivity index (χ4n) is 2.20. The van der Waals surface area contributed by atoms with Crippen molar-refractivity contribution in [2.75, 3.05) is 13.4 Å². The number of fused-ring (bicyclic) bond motifs is 1. The monoisotopic (exact) mass is 315 g/mol. The topological polar surface area (TPSA) is 51.8 Å². The summed E-state index contributed by atoms with van der Waals surface area (Å²) in [6.45, 7) is 0.288. The number of hydrogen-bond acceptors (Lipinski definition) is 4. The minimum atomic E-state index is -2.46. The number of methoxy groups -OCH3 is 1. The molecule has 22 heavy (non-hydrogen) atoms. The summed E-state index contributed by atoms with van der Waals surface area (Å²) in [6.07, 6.45) is 1.64. The van der Waals surface area contributed by atoms with Gasteiger partial charge < -0.3 is 9.15 Å². The normalized spacial score (nSPS) is 13.7. The highest BCUT2D eigenvalue weighted by molar-refractivity contribution is 7.93. The number of ether oxygens (including phenoxy) is 1. The first-order valence-corrected chi connectivity index (χ1v) is 8.80. The van der Waals surface area contributed by atoms with Crippen LogP contribution in [-0.4, -0.2) is 17.6 Å². The van der Waals surface area contributed by atoms with Crippen LogP contribution in [0.1, 0.15) is 5.76 Å². The fraction of sp³-hybridized carbons (Fsp3) is 0.176. The Bertz CT molecular complexity index is 870. The van der Waals surface area contributed by atoms with Gasteiger partial charge in [-0.25, -0.2) is 8.57 Å². The first-order valence-electron chi connectivity index (χ1n) is 6.88. The van der Waals surface area contributed by atoms with Gasteiger partial charge in [0, 0.05) is 16.5 Å². The van der Waals surface area contributed by atoms with Crippen LogP contribution in [-0.2, 0) is 16.3 Å². The van der Waals surface area contributed by atoms with Crippen molar-refractivity contribution >= 4 is 20.7 Å². The molecule has 0 saturated heterocycles. The molecule has 1 aromatic heterocycles. The van der Waals surface area contributed by atoms with Crippen LogP contribution >= 0.6 is 0 Å². The molecular weight excluding hydrogens is 298 g/mol. The van der Waals surface area contributed by atoms with Crippen LogP contribution in [0.2, 0.25) is 0 Å². The second kappa shape index (κ2) is 5.85. The van der Waals surface area contributed by atoms with Crippen molar-refractivity contribution in [1.29, 1.82) is 0 Å². The molecule has 1 heterocycles. The molecule has 0 fully saturated rings. The van der Waals surface area contributed by atoms with Gasteiger partial charge in [0.15, 0.2) is 0 Å². The molecule has 0 saturated carbocycles. The van der Waals surface area contributed by atoms with Crippen molar-refractivity contribution in [1.82, 2.24) is 0 Å². The molecule has 0 aliphatic rings. The quantitative estimate of drug-likeness (QED) is 0.728. The Hall–Kier alpha value is -2.27. The van der Waals surface area contributed by atoms with Crippen molar-refractivity contribution in [3.05, 3.63) is 60.4 Å². The average molecular weight is 315 g/mol. The van der Waals surface area contributed by atoms with Crippen LogP contribution in [0.3, 0.4) is 0 Å². The fourth-order valence-corrected chi connectivity index (χ4v) is 3.37. The molecule has 0 aliphatic carbocycles. The standard InChI is InChI=1S/C17H17NO3S/c1-20-14-7-9-16(10-8-14)22(2,19)18-12-15-11-13-5-3-4-6-17(13)21-15/h3-11H,12H2,1-2H3. The van der Waals surface area contributed by atoms with E-state index in [1.165, 1.54) is 0 Å². The SMILES string of the molecule is COc1ccc(S(C)(=O)=NCc2cc3ccccc3o2)cc1. The maximum Gasteiger partial charge on any atom is 0.134 e. The van der Waals surface area contributed by atoms with E-state index in [-0.39, 0.29) is 6.54 Å². The molecule has 0 amide bonds. The van der Waals surface area contributed by atoms with Gasteiger partial charge >= 0.3 is 0 Å². The van der Waals surface area contributed by atoms with E-state index in [2.05, 4.69) is 4.36 Å². The predicted molar refractivity (Wildman–Crippen MR) is 87.7 cm³/mol. The Kier molecular flexibility index (Phi) is 3.90. The lowest BCUT2D eigenvalue weighted by Crippen LogP contribution is -1.98. The van der Waals surface area contributed by atoms with Gasteiger partial charge in [0.2, 0.25) is 0 Å². The molecule has 0 spiro atoms. The van der Waals surface area contributed by atoms with Crippen LogP contribution < -0.4 is 4.74 Å². The molecule has 4 nitrogen and oxygen atoms in total. The third-order valence-corrected chi connectivity index (χ3v) is 5.21. The summed E-state index contributed by atoms with van der Waals surface area (Å²) in [5.41, 5.74) is 0.819. The number of hydrogen-bond donors (Lipinski definition) is 0. The molecule has 0 N–H and O–H groups in total. The Morgan fingerprint density at radius 3 is 2.55 bits per heavy atom. The van der Waals surface area contributed by atoms with E-state index in [9.17, 15) is 4.21 Å². The van der Waals surface area contributed by atoms with Crippen molar-refractivity contribution in [2.24, 2.45) is 4.36 Å². The summed E-state index contributed by atoms with van der Waals surface area (Å²) >= 11 is 0. The number of benzene rings is 2. The molecule has 0 bridgehead atoms. The Morgan fingerprint density at radius 2 is 1.86 bits per heavy atom. The summed E-state index contributed by atoms with van der Waals surface area (Å²) < 4.78 is 27.9. The molecule has 0 radical (unpaired) electrons. The smallest absolute Gasteiger partial charge is 0.134 e. The van der Waals surface area contributed by atoms with Crippen LogP contribution in [0.15, 0.2) is 68.3 Å². The van der Waals surface area contributed by atoms with Gasteiger partial charge in [-0.3, -0.25) is 0 Å². The average Bonchev–Trinajstić information content (AvgIpc) is 2.96. The maximum absolute atomic E-state index is 12.7. The highest BCUT2D eigenvalue weighted by Gasteiger charge is 2.08. The highest BCUT2D eigenvalue weighted by Crippen LogP contribution is 2.21. The van der Waals surface area contributed by atoms with E-state index in [4.69, 9.17) is 9.15 Å². The number of nitrogens with zero attached hydrogens (tertiary/aromatic N) is 1. The van der Waals surface area contributed by atoms with E-state index in [0.717, 1.165) is 16.7 Å². The number of para-hydroxylation sites is 1. The summed E-state index contributed by atoms with van der Waals surface area (Å²) in [7, 11) is -0.860. The Labute approximate surface area is 129 Å². The van der Waals surface area contributed by atoms with E-state index in [1.807, 2.05) is 30.3 Å². The molecule has 1 atom stereocenters. The van der Waals surface area contributed by atoms with Gasteiger partial charge in [0.1, 0.15) is 23.6 Å². The zero-order chi connectivity index (χ0) is 15.6. The maximum atomic E-state index is 12.7. The molecule has 114 valence electrons. The third-order valence-electron chi connectivity index (χ3n) is 3.44. The van der Waals surface area contributed by atoms with Crippen LogP contribution in [0, 0.1) is 0 Å². The lowest BCUT2D eigenvalue weighted by atomic mass is 10.2. The van der Waals surface area contributed by atoms with Gasteiger partial charge in [-0.05, 0) is 36.4 Å². The van der Waals surface area contributed by atoms with E-state index in [0.29, 0.717) is 10.7 Å². The molecule has 5 heteroatoms. The molecular formula is C17H17NO3S. The first kappa shape index (κ1) is 14.7. The molecule has 3 rings (SSSR count). The van der Waals surface area contributed by atoms with Gasteiger partial charge in [-0.2, -0.15) is 0 Å². The van der Waals surface area contributed by atoms with Crippen molar-refractivity contribution in [2.45, 2.75) is 11.4 Å². The molecule has 0 aliphatic heterocycles. The summed E-state index contributed by atoms with van der Waals surface area (Å²) in [5, 5.41) is 1.03. The Balaban J connectivity index is 1.87. The second-order valence-corrected chi connectivity index (χ2v) is 7.35. The zero-order valence-corrected chi connectivity index (χ0v) is 13.3. The van der Waals surface area contributed by atoms with Crippen LogP contribution in [0.5, 0.6) is 5.75 Å². The number of furan rings is 1. The lowest BCUT2D eigenvalue weighted by molar-refractivity contribution is 0.414. The summed E-state index contributed by atoms with van der Waals surface area (Å²) in [6, 6.07) is 16.8. The molecule has 3 aromatic rings. The summed E-state index contributed by atoms with van der Waals surface area (Å²) in [4.78, 5) is 0.685. The van der Waals surface area contributed by atoms with Gasteiger partial charge in [-0.15, -0.1) is 0 Å². The molecule has 2 aromatic carbocycles. The minimum absolute atomic E-state index is 0.288. The highest BCUT2D eigenvalue weighted by atomic mass is 32.2. The zero-order valence-electron chi connectivity index (χ0n) is 12.5. The van der Waals surface area contributed by atoms with Gasteiger partial charge in [-0.1, -0.05) is 18.2 Å². The van der Waals surface area contributed by atoms with Crippen LogP contribution in [0.4, 0.5) is 0 Å². The Morgan fingerprint density at radius 1 is 1.14 bits per heavy atom. The van der Waals surface area contributed by atoms with Gasteiger partial charge in [0.05, 0.1) is 16.8 Å². The van der Waals surface area contributed by atoms with Crippen molar-refractivity contribution in [3.8, 4) is 5.75 Å². The van der Waals surface area contributed by atoms with E-state index in [1.54, 1.807) is 37.6 Å². The van der Waals surface area contributed by atoms with Crippen LogP contribution in [0.25, 0.3) is 11.0 Å². The lowest BCUT2D eigenvalue weighted by Gasteiger charge is -2.05. The minimum Gasteiger partial charge on any atom is -0.497 e. The molecule has 1 unspecified atom stereocenters. The van der Waals surface area contributed by atoms with Gasteiger partial charge in [0.25, 0.3) is 0 Å². The van der Waals surface area contributed by atoms with E-state index >= 15 is 0 Å². The third kappa shape index (κ3) is 2.99. The largest absolute Gasteiger partial charge is 0.497 e.